The SMILES string of the molecule is N#CC(C#N)=Cc1c[nH]c2nccc(NC(N)=O)c12. The van der Waals surface area contributed by atoms with Gasteiger partial charge in [0.15, 0.2) is 0 Å². The maximum atomic E-state index is 10.9. The summed E-state index contributed by atoms with van der Waals surface area (Å²) in [5.41, 5.74) is 6.59. The van der Waals surface area contributed by atoms with E-state index in [1.165, 1.54) is 12.3 Å². The van der Waals surface area contributed by atoms with E-state index in [4.69, 9.17) is 16.3 Å². The van der Waals surface area contributed by atoms with E-state index in [0.29, 0.717) is 22.3 Å². The maximum Gasteiger partial charge on any atom is 0.316 e. The lowest BCUT2D eigenvalue weighted by Crippen LogP contribution is -2.19. The normalized spacial score (nSPS) is 9.37. The Labute approximate surface area is 108 Å². The van der Waals surface area contributed by atoms with Gasteiger partial charge in [0.05, 0.1) is 5.69 Å². The van der Waals surface area contributed by atoms with Crippen molar-refractivity contribution in [2.24, 2.45) is 5.73 Å². The molecule has 0 saturated carbocycles. The second-order valence-corrected chi connectivity index (χ2v) is 3.60. The zero-order chi connectivity index (χ0) is 13.8. The number of anilines is 1. The van der Waals surface area contributed by atoms with E-state index in [1.807, 2.05) is 0 Å². The average Bonchev–Trinajstić information content (AvgIpc) is 2.79. The summed E-state index contributed by atoms with van der Waals surface area (Å²) in [6.07, 6.45) is 4.51. The van der Waals surface area contributed by atoms with E-state index in [0.717, 1.165) is 0 Å². The van der Waals surface area contributed by atoms with Crippen molar-refractivity contribution in [1.29, 1.82) is 10.5 Å². The molecule has 0 aliphatic heterocycles. The van der Waals surface area contributed by atoms with Crippen LogP contribution in [0.1, 0.15) is 5.56 Å². The molecule has 7 nitrogen and oxygen atoms in total. The molecule has 0 bridgehead atoms. The molecule has 0 fully saturated rings. The molecule has 2 heterocycles. The van der Waals surface area contributed by atoms with Crippen LogP contribution in [0.15, 0.2) is 24.0 Å². The molecule has 0 aromatic carbocycles. The first-order valence-corrected chi connectivity index (χ1v) is 5.20. The Bertz CT molecular complexity index is 743. The van der Waals surface area contributed by atoms with Crippen molar-refractivity contribution in [2.75, 3.05) is 5.32 Å². The van der Waals surface area contributed by atoms with E-state index >= 15 is 0 Å². The van der Waals surface area contributed by atoms with Crippen LogP contribution in [-0.4, -0.2) is 16.0 Å². The Morgan fingerprint density at radius 2 is 2.21 bits per heavy atom. The lowest BCUT2D eigenvalue weighted by Gasteiger charge is -2.03. The number of H-pyrrole nitrogens is 1. The van der Waals surface area contributed by atoms with E-state index in [9.17, 15) is 4.79 Å². The fourth-order valence-electron chi connectivity index (χ4n) is 1.68. The Morgan fingerprint density at radius 1 is 1.47 bits per heavy atom. The molecule has 2 aromatic heterocycles. The van der Waals surface area contributed by atoms with Gasteiger partial charge in [-0.1, -0.05) is 0 Å². The largest absolute Gasteiger partial charge is 0.351 e. The predicted octanol–water partition coefficient (Wildman–Crippen LogP) is 1.48. The van der Waals surface area contributed by atoms with Crippen molar-refractivity contribution >= 4 is 28.8 Å². The van der Waals surface area contributed by atoms with Crippen LogP contribution in [0.5, 0.6) is 0 Å². The Kier molecular flexibility index (Phi) is 3.13. The van der Waals surface area contributed by atoms with Crippen LogP contribution in [0.25, 0.3) is 17.1 Å². The summed E-state index contributed by atoms with van der Waals surface area (Å²) in [4.78, 5) is 17.9. The van der Waals surface area contributed by atoms with Crippen LogP contribution >= 0.6 is 0 Å². The molecular weight excluding hydrogens is 244 g/mol. The number of aromatic nitrogens is 2. The Balaban J connectivity index is 2.65. The molecule has 2 rings (SSSR count). The van der Waals surface area contributed by atoms with Crippen molar-refractivity contribution in [2.45, 2.75) is 0 Å². The average molecular weight is 252 g/mol. The number of primary amides is 1. The van der Waals surface area contributed by atoms with Crippen molar-refractivity contribution in [1.82, 2.24) is 9.97 Å². The first-order valence-electron chi connectivity index (χ1n) is 5.20. The molecule has 0 spiro atoms. The first-order chi connectivity index (χ1) is 9.15. The standard InChI is InChI=1S/C12H8N6O/c13-4-7(5-14)3-8-6-17-11-10(8)9(1-2-16-11)18-12(15)19/h1-3,6H,(H4,15,16,17,18,19). The van der Waals surface area contributed by atoms with Gasteiger partial charge in [0.2, 0.25) is 0 Å². The fourth-order valence-corrected chi connectivity index (χ4v) is 1.68. The van der Waals surface area contributed by atoms with Crippen LogP contribution in [0.3, 0.4) is 0 Å². The second kappa shape index (κ2) is 4.90. The van der Waals surface area contributed by atoms with Crippen molar-refractivity contribution in [3.63, 3.8) is 0 Å². The number of fused-ring (bicyclic) bond motifs is 1. The van der Waals surface area contributed by atoms with Gasteiger partial charge in [-0.25, -0.2) is 9.78 Å². The maximum absolute atomic E-state index is 10.9. The summed E-state index contributed by atoms with van der Waals surface area (Å²) in [6, 6.07) is 4.41. The first kappa shape index (κ1) is 12.1. The molecule has 19 heavy (non-hydrogen) atoms. The van der Waals surface area contributed by atoms with Crippen molar-refractivity contribution in [3.8, 4) is 12.1 Å². The van der Waals surface area contributed by atoms with Gasteiger partial charge in [-0.2, -0.15) is 10.5 Å². The number of nitriles is 2. The number of allylic oxidation sites excluding steroid dienone is 1. The zero-order valence-electron chi connectivity index (χ0n) is 9.64. The van der Waals surface area contributed by atoms with Crippen molar-refractivity contribution in [3.05, 3.63) is 29.6 Å². The number of urea groups is 1. The van der Waals surface area contributed by atoms with E-state index in [2.05, 4.69) is 15.3 Å². The van der Waals surface area contributed by atoms with Crippen LogP contribution in [0.2, 0.25) is 0 Å². The molecule has 92 valence electrons. The van der Waals surface area contributed by atoms with Gasteiger partial charge in [0, 0.05) is 23.3 Å². The number of amides is 2. The summed E-state index contributed by atoms with van der Waals surface area (Å²) < 4.78 is 0. The number of rotatable bonds is 2. The number of carbonyl (C=O) groups excluding carboxylic acids is 1. The van der Waals surface area contributed by atoms with Gasteiger partial charge in [-0.05, 0) is 12.1 Å². The molecule has 0 aliphatic rings. The van der Waals surface area contributed by atoms with Gasteiger partial charge in [-0.15, -0.1) is 0 Å². The lowest BCUT2D eigenvalue weighted by molar-refractivity contribution is 0.259. The van der Waals surface area contributed by atoms with Gasteiger partial charge < -0.3 is 16.0 Å². The minimum absolute atomic E-state index is 0.0465. The van der Waals surface area contributed by atoms with Gasteiger partial charge in [0.1, 0.15) is 23.4 Å². The molecule has 2 aromatic rings. The Hall–Kier alpha value is -3.32. The van der Waals surface area contributed by atoms with Gasteiger partial charge >= 0.3 is 6.03 Å². The fraction of sp³-hybridized carbons (Fsp3) is 0. The lowest BCUT2D eigenvalue weighted by atomic mass is 10.1. The third kappa shape index (κ3) is 2.35. The number of carbonyl (C=O) groups is 1. The van der Waals surface area contributed by atoms with E-state index < -0.39 is 6.03 Å². The highest BCUT2D eigenvalue weighted by Gasteiger charge is 2.10. The van der Waals surface area contributed by atoms with E-state index in [1.54, 1.807) is 24.4 Å². The number of nitrogens with one attached hydrogen (secondary N) is 2. The third-order valence-electron chi connectivity index (χ3n) is 2.40. The molecule has 2 amide bonds. The second-order valence-electron chi connectivity index (χ2n) is 3.60. The molecule has 0 atom stereocenters. The predicted molar refractivity (Wildman–Crippen MR) is 68.5 cm³/mol. The minimum atomic E-state index is -0.704. The van der Waals surface area contributed by atoms with Crippen molar-refractivity contribution < 1.29 is 4.79 Å². The highest BCUT2D eigenvalue weighted by atomic mass is 16.2. The van der Waals surface area contributed by atoms with Gasteiger partial charge in [0.25, 0.3) is 0 Å². The molecule has 0 unspecified atom stereocenters. The summed E-state index contributed by atoms with van der Waals surface area (Å²) >= 11 is 0. The van der Waals surface area contributed by atoms with Crippen LogP contribution in [0, 0.1) is 22.7 Å². The molecule has 0 saturated heterocycles. The molecule has 7 heteroatoms. The van der Waals surface area contributed by atoms with Crippen LogP contribution in [-0.2, 0) is 0 Å². The monoisotopic (exact) mass is 252 g/mol. The number of hydrogen-bond acceptors (Lipinski definition) is 4. The summed E-state index contributed by atoms with van der Waals surface area (Å²) in [6.45, 7) is 0. The number of nitrogens with two attached hydrogens (primary N) is 1. The minimum Gasteiger partial charge on any atom is -0.351 e. The van der Waals surface area contributed by atoms with Crippen LogP contribution < -0.4 is 11.1 Å². The number of nitrogens with zero attached hydrogens (tertiary/aromatic N) is 3. The summed E-state index contributed by atoms with van der Waals surface area (Å²) in [5, 5.41) is 20.6. The molecule has 0 radical (unpaired) electrons. The molecular formula is C12H8N6O. The number of hydrogen-bond donors (Lipinski definition) is 3. The summed E-state index contributed by atoms with van der Waals surface area (Å²) in [5.74, 6) is 0. The van der Waals surface area contributed by atoms with E-state index in [-0.39, 0.29) is 5.57 Å². The highest BCUT2D eigenvalue weighted by Crippen LogP contribution is 2.26. The molecule has 4 N–H and O–H groups in total. The number of aromatic amines is 1. The molecule has 0 aliphatic carbocycles. The smallest absolute Gasteiger partial charge is 0.316 e. The number of pyridine rings is 1. The quantitative estimate of drug-likeness (QED) is 0.698. The van der Waals surface area contributed by atoms with Crippen LogP contribution in [0.4, 0.5) is 10.5 Å². The topological polar surface area (TPSA) is 131 Å². The summed E-state index contributed by atoms with van der Waals surface area (Å²) in [7, 11) is 0. The zero-order valence-corrected chi connectivity index (χ0v) is 9.64. The third-order valence-corrected chi connectivity index (χ3v) is 2.40. The highest BCUT2D eigenvalue weighted by molar-refractivity contribution is 6.03. The van der Waals surface area contributed by atoms with Gasteiger partial charge in [-0.3, -0.25) is 0 Å². The Morgan fingerprint density at radius 3 is 2.84 bits per heavy atom.